The minimum atomic E-state index is -2.04. The summed E-state index contributed by atoms with van der Waals surface area (Å²) in [6.07, 6.45) is 5.62. The zero-order chi connectivity index (χ0) is 25.8. The highest BCUT2D eigenvalue weighted by atomic mass is 127. The van der Waals surface area contributed by atoms with Crippen molar-refractivity contribution in [3.8, 4) is 0 Å². The van der Waals surface area contributed by atoms with Crippen LogP contribution in [0.1, 0.15) is 113 Å². The van der Waals surface area contributed by atoms with E-state index >= 15 is 0 Å². The Morgan fingerprint density at radius 1 is 1.14 bits per heavy atom. The van der Waals surface area contributed by atoms with Crippen molar-refractivity contribution in [1.29, 1.82) is 0 Å². The van der Waals surface area contributed by atoms with Crippen LogP contribution in [0.15, 0.2) is 24.3 Å². The molecule has 1 heterocycles. The summed E-state index contributed by atoms with van der Waals surface area (Å²) >= 11 is 2.45. The fourth-order valence-electron chi connectivity index (χ4n) is 5.46. The largest absolute Gasteiger partial charge is 0.410 e. The van der Waals surface area contributed by atoms with Crippen LogP contribution < -0.4 is 0 Å². The first-order valence-corrected chi connectivity index (χ1v) is 17.0. The Balaban J connectivity index is 1.89. The molecule has 1 N–H and O–H groups in total. The van der Waals surface area contributed by atoms with E-state index in [1.807, 2.05) is 0 Å². The summed E-state index contributed by atoms with van der Waals surface area (Å²) in [6.45, 7) is 16.1. The van der Waals surface area contributed by atoms with E-state index in [1.54, 1.807) is 12.1 Å². The maximum atomic E-state index is 13.7. The second-order valence-electron chi connectivity index (χ2n) is 12.9. The maximum absolute atomic E-state index is 13.7. The van der Waals surface area contributed by atoms with Crippen molar-refractivity contribution >= 4 is 30.9 Å². The molecule has 6 heteroatoms. The summed E-state index contributed by atoms with van der Waals surface area (Å²) in [5, 5.41) is 11.8. The van der Waals surface area contributed by atoms with Gasteiger partial charge in [0.05, 0.1) is 11.8 Å². The smallest absolute Gasteiger partial charge is 0.192 e. The number of aromatic nitrogens is 1. The quantitative estimate of drug-likeness (QED) is 0.273. The van der Waals surface area contributed by atoms with Gasteiger partial charge >= 0.3 is 0 Å². The number of halogens is 2. The lowest BCUT2D eigenvalue weighted by molar-refractivity contribution is 0.104. The molecular formula is C29H41FINO2Si. The van der Waals surface area contributed by atoms with Crippen LogP contribution in [0.3, 0.4) is 0 Å². The molecule has 4 rings (SSSR count). The highest BCUT2D eigenvalue weighted by Crippen LogP contribution is 2.51. The van der Waals surface area contributed by atoms with Crippen LogP contribution in [0.5, 0.6) is 0 Å². The van der Waals surface area contributed by atoms with Crippen LogP contribution in [-0.4, -0.2) is 18.4 Å². The Labute approximate surface area is 225 Å². The van der Waals surface area contributed by atoms with Crippen molar-refractivity contribution in [2.45, 2.75) is 109 Å². The number of aliphatic hydroxyl groups excluding tert-OH is 1. The van der Waals surface area contributed by atoms with Gasteiger partial charge in [-0.2, -0.15) is 0 Å². The van der Waals surface area contributed by atoms with Gasteiger partial charge in [0.2, 0.25) is 0 Å². The molecule has 0 spiro atoms. The molecule has 0 saturated heterocycles. The second kappa shape index (κ2) is 9.80. The molecule has 2 atom stereocenters. The minimum absolute atomic E-state index is 0.0363. The Morgan fingerprint density at radius 2 is 1.74 bits per heavy atom. The average molecular weight is 610 g/mol. The SMILES string of the molecule is CC1(C)Cc2nc(C3CCCC3)c([C@@H](O)c3ccc(F)cc3)c(I)c2C(O[Si](C)(C)C(C)(C)C)C1. The van der Waals surface area contributed by atoms with Crippen LogP contribution in [0.25, 0.3) is 0 Å². The Kier molecular flexibility index (Phi) is 7.62. The molecule has 1 fully saturated rings. The van der Waals surface area contributed by atoms with E-state index in [0.717, 1.165) is 46.2 Å². The van der Waals surface area contributed by atoms with Gasteiger partial charge in [-0.05, 0) is 89.5 Å². The number of benzene rings is 1. The van der Waals surface area contributed by atoms with E-state index in [4.69, 9.17) is 9.41 Å². The molecule has 0 radical (unpaired) electrons. The van der Waals surface area contributed by atoms with Crippen molar-refractivity contribution in [3.63, 3.8) is 0 Å². The molecule has 0 amide bonds. The van der Waals surface area contributed by atoms with Crippen molar-refractivity contribution in [1.82, 2.24) is 4.98 Å². The molecule has 1 saturated carbocycles. The standard InChI is InChI=1S/C29H41FINO2Si/c1-28(2,3)35(6,7)34-22-17-29(4,5)16-21-23(22)25(31)24(26(32-21)18-10-8-9-11-18)27(33)19-12-14-20(30)15-13-19/h12-15,18,22,27,33H,8-11,16-17H2,1-7H3/t22?,27-/m0/s1. The highest BCUT2D eigenvalue weighted by Gasteiger charge is 2.44. The van der Waals surface area contributed by atoms with E-state index in [2.05, 4.69) is 70.3 Å². The third-order valence-electron chi connectivity index (χ3n) is 8.47. The van der Waals surface area contributed by atoms with E-state index in [9.17, 15) is 9.50 Å². The van der Waals surface area contributed by atoms with Gasteiger partial charge in [0.1, 0.15) is 11.9 Å². The van der Waals surface area contributed by atoms with Crippen LogP contribution in [0.2, 0.25) is 18.1 Å². The fourth-order valence-corrected chi connectivity index (χ4v) is 7.95. The molecule has 35 heavy (non-hydrogen) atoms. The first-order valence-electron chi connectivity index (χ1n) is 13.0. The Hall–Kier alpha value is -0.833. The van der Waals surface area contributed by atoms with Gasteiger partial charge in [0, 0.05) is 26.3 Å². The van der Waals surface area contributed by atoms with Crippen molar-refractivity contribution in [3.05, 3.63) is 61.7 Å². The van der Waals surface area contributed by atoms with Crippen LogP contribution >= 0.6 is 22.6 Å². The van der Waals surface area contributed by atoms with Gasteiger partial charge in [-0.25, -0.2) is 4.39 Å². The third-order valence-corrected chi connectivity index (χ3v) is 14.1. The molecule has 192 valence electrons. The number of pyridine rings is 1. The van der Waals surface area contributed by atoms with Crippen LogP contribution in [0, 0.1) is 14.8 Å². The molecule has 1 unspecified atom stereocenters. The predicted octanol–water partition coefficient (Wildman–Crippen LogP) is 8.60. The van der Waals surface area contributed by atoms with Crippen molar-refractivity contribution < 1.29 is 13.9 Å². The first-order chi connectivity index (χ1) is 16.2. The molecule has 0 aliphatic heterocycles. The van der Waals surface area contributed by atoms with Gasteiger partial charge in [0.15, 0.2) is 8.32 Å². The minimum Gasteiger partial charge on any atom is -0.410 e. The van der Waals surface area contributed by atoms with Gasteiger partial charge in [-0.15, -0.1) is 0 Å². The molecule has 2 aliphatic rings. The lowest BCUT2D eigenvalue weighted by Gasteiger charge is -2.44. The Morgan fingerprint density at radius 3 is 2.31 bits per heavy atom. The number of rotatable bonds is 5. The van der Waals surface area contributed by atoms with E-state index in [0.29, 0.717) is 11.5 Å². The lowest BCUT2D eigenvalue weighted by atomic mass is 9.74. The normalized spacial score (nSPS) is 21.7. The van der Waals surface area contributed by atoms with Crippen molar-refractivity contribution in [2.24, 2.45) is 5.41 Å². The molecule has 2 aliphatic carbocycles. The molecule has 2 aromatic rings. The zero-order valence-electron chi connectivity index (χ0n) is 22.3. The summed E-state index contributed by atoms with van der Waals surface area (Å²) in [6, 6.07) is 6.25. The maximum Gasteiger partial charge on any atom is 0.192 e. The highest BCUT2D eigenvalue weighted by molar-refractivity contribution is 14.1. The van der Waals surface area contributed by atoms with Crippen LogP contribution in [0.4, 0.5) is 4.39 Å². The van der Waals surface area contributed by atoms with E-state index < -0.39 is 14.4 Å². The lowest BCUT2D eigenvalue weighted by Crippen LogP contribution is -2.44. The third kappa shape index (κ3) is 5.55. The average Bonchev–Trinajstić information content (AvgIpc) is 3.26. The molecule has 1 aromatic heterocycles. The van der Waals surface area contributed by atoms with Gasteiger partial charge in [-0.1, -0.05) is 59.6 Å². The number of hydrogen-bond acceptors (Lipinski definition) is 3. The van der Waals surface area contributed by atoms with Crippen LogP contribution in [-0.2, 0) is 10.8 Å². The topological polar surface area (TPSA) is 42.4 Å². The molecule has 3 nitrogen and oxygen atoms in total. The molecule has 0 bridgehead atoms. The number of aliphatic hydroxyl groups is 1. The zero-order valence-corrected chi connectivity index (χ0v) is 25.5. The van der Waals surface area contributed by atoms with Gasteiger partial charge in [0.25, 0.3) is 0 Å². The number of hydrogen-bond donors (Lipinski definition) is 1. The van der Waals surface area contributed by atoms with Gasteiger partial charge < -0.3 is 9.53 Å². The molecular weight excluding hydrogens is 568 g/mol. The monoisotopic (exact) mass is 609 g/mol. The van der Waals surface area contributed by atoms with E-state index in [-0.39, 0.29) is 22.4 Å². The summed E-state index contributed by atoms with van der Waals surface area (Å²) in [7, 11) is -2.04. The number of fused-ring (bicyclic) bond motifs is 1. The first kappa shape index (κ1) is 27.2. The summed E-state index contributed by atoms with van der Waals surface area (Å²) < 4.78 is 21.8. The molecule has 1 aromatic carbocycles. The van der Waals surface area contributed by atoms with E-state index in [1.165, 1.54) is 30.5 Å². The summed E-state index contributed by atoms with van der Waals surface area (Å²) in [5.74, 6) is 0.0732. The Bertz CT molecular complexity index is 1070. The second-order valence-corrected chi connectivity index (χ2v) is 18.8. The van der Waals surface area contributed by atoms with Gasteiger partial charge in [-0.3, -0.25) is 4.98 Å². The predicted molar refractivity (Wildman–Crippen MR) is 152 cm³/mol. The fraction of sp³-hybridized carbons (Fsp3) is 0.621. The summed E-state index contributed by atoms with van der Waals surface area (Å²) in [4.78, 5) is 5.35. The summed E-state index contributed by atoms with van der Waals surface area (Å²) in [5.41, 5.74) is 5.08. The number of nitrogens with zero attached hydrogens (tertiary/aromatic N) is 1. The van der Waals surface area contributed by atoms with Crippen molar-refractivity contribution in [2.75, 3.05) is 0 Å².